The molecule has 0 fully saturated rings. The van der Waals surface area contributed by atoms with Gasteiger partial charge in [-0.1, -0.05) is 5.16 Å². The summed E-state index contributed by atoms with van der Waals surface area (Å²) in [5.74, 6) is 0.386. The van der Waals surface area contributed by atoms with E-state index in [1.807, 2.05) is 6.07 Å². The molecule has 58 valence electrons. The van der Waals surface area contributed by atoms with E-state index in [9.17, 15) is 0 Å². The molecule has 12 heavy (non-hydrogen) atoms. The predicted octanol–water partition coefficient (Wildman–Crippen LogP) is 0.936. The van der Waals surface area contributed by atoms with Crippen LogP contribution in [-0.2, 0) is 0 Å². The highest BCUT2D eigenvalue weighted by molar-refractivity contribution is 5.49. The first-order valence-electron chi connectivity index (χ1n) is 3.26. The first-order chi connectivity index (χ1) is 5.90. The van der Waals surface area contributed by atoms with Crippen LogP contribution in [0.15, 0.2) is 23.0 Å². The first kappa shape index (κ1) is 6.61. The molecule has 0 saturated carbocycles. The molecule has 0 unspecified atom stereocenters. The van der Waals surface area contributed by atoms with Gasteiger partial charge in [-0.25, -0.2) is 0 Å². The summed E-state index contributed by atoms with van der Waals surface area (Å²) in [5, 5.41) is 11.9. The fourth-order valence-corrected chi connectivity index (χ4v) is 0.877. The highest BCUT2D eigenvalue weighted by Crippen LogP contribution is 2.13. The topological polar surface area (TPSA) is 78.5 Å². The maximum Gasteiger partial charge on any atom is 0.274 e. The number of rotatable bonds is 1. The maximum atomic E-state index is 8.50. The van der Waals surface area contributed by atoms with Crippen LogP contribution >= 0.6 is 0 Å². The monoisotopic (exact) mass is 160 g/mol. The molecule has 2 aromatic heterocycles. The average Bonchev–Trinajstić information content (AvgIpc) is 2.75. The van der Waals surface area contributed by atoms with Gasteiger partial charge in [0, 0.05) is 0 Å². The van der Waals surface area contributed by atoms with Gasteiger partial charge in [0.2, 0.25) is 0 Å². The molecule has 2 heterocycles. The van der Waals surface area contributed by atoms with Crippen LogP contribution in [0, 0.1) is 11.3 Å². The molecule has 0 amide bonds. The van der Waals surface area contributed by atoms with Crippen molar-refractivity contribution in [1.29, 1.82) is 5.26 Å². The van der Waals surface area contributed by atoms with Gasteiger partial charge in [-0.05, 0) is 12.1 Å². The minimum absolute atomic E-state index is 0.386. The van der Waals surface area contributed by atoms with Gasteiger partial charge in [0.25, 0.3) is 5.89 Å². The van der Waals surface area contributed by atoms with E-state index >= 15 is 0 Å². The van der Waals surface area contributed by atoms with Crippen molar-refractivity contribution in [1.82, 2.24) is 15.1 Å². The fraction of sp³-hybridized carbons (Fsp3) is 0. The summed E-state index contributed by atoms with van der Waals surface area (Å²) in [5.41, 5.74) is 1.13. The predicted molar refractivity (Wildman–Crippen MR) is 38.8 cm³/mol. The number of aromatic nitrogens is 3. The van der Waals surface area contributed by atoms with Crippen LogP contribution in [0.2, 0.25) is 0 Å². The molecule has 0 aliphatic carbocycles. The van der Waals surface area contributed by atoms with Gasteiger partial charge in [0.1, 0.15) is 17.5 Å². The normalized spacial score (nSPS) is 9.58. The standard InChI is InChI=1S/C7H4N4O/c8-3-5-1-2-6(11-5)7-9-4-10-12-7/h1-2,4,11H. The zero-order valence-electron chi connectivity index (χ0n) is 5.98. The van der Waals surface area contributed by atoms with E-state index in [0.717, 1.165) is 0 Å². The summed E-state index contributed by atoms with van der Waals surface area (Å²) in [7, 11) is 0. The Hall–Kier alpha value is -2.09. The van der Waals surface area contributed by atoms with Crippen molar-refractivity contribution in [3.63, 3.8) is 0 Å². The lowest BCUT2D eigenvalue weighted by Crippen LogP contribution is -1.76. The lowest BCUT2D eigenvalue weighted by atomic mass is 10.4. The van der Waals surface area contributed by atoms with Crippen molar-refractivity contribution >= 4 is 0 Å². The Morgan fingerprint density at radius 2 is 2.42 bits per heavy atom. The van der Waals surface area contributed by atoms with Crippen LogP contribution in [0.1, 0.15) is 5.69 Å². The van der Waals surface area contributed by atoms with Crippen molar-refractivity contribution in [3.8, 4) is 17.7 Å². The molecule has 0 radical (unpaired) electrons. The van der Waals surface area contributed by atoms with E-state index in [0.29, 0.717) is 17.3 Å². The van der Waals surface area contributed by atoms with Crippen molar-refractivity contribution in [3.05, 3.63) is 24.2 Å². The molecule has 5 heteroatoms. The van der Waals surface area contributed by atoms with E-state index < -0.39 is 0 Å². The minimum Gasteiger partial charge on any atom is -0.342 e. The van der Waals surface area contributed by atoms with Crippen LogP contribution in [0.5, 0.6) is 0 Å². The van der Waals surface area contributed by atoms with Crippen molar-refractivity contribution in [2.24, 2.45) is 0 Å². The Kier molecular flexibility index (Phi) is 1.38. The Morgan fingerprint density at radius 3 is 3.00 bits per heavy atom. The lowest BCUT2D eigenvalue weighted by Gasteiger charge is -1.83. The Morgan fingerprint density at radius 1 is 1.50 bits per heavy atom. The first-order valence-corrected chi connectivity index (χ1v) is 3.26. The lowest BCUT2D eigenvalue weighted by molar-refractivity contribution is 0.429. The zero-order chi connectivity index (χ0) is 8.39. The van der Waals surface area contributed by atoms with Gasteiger partial charge in [-0.2, -0.15) is 10.2 Å². The van der Waals surface area contributed by atoms with E-state index in [1.54, 1.807) is 12.1 Å². The number of aromatic amines is 1. The number of nitriles is 1. The third kappa shape index (κ3) is 0.953. The van der Waals surface area contributed by atoms with Crippen LogP contribution in [-0.4, -0.2) is 15.1 Å². The van der Waals surface area contributed by atoms with Crippen LogP contribution in [0.3, 0.4) is 0 Å². The summed E-state index contributed by atoms with van der Waals surface area (Å²) in [6, 6.07) is 5.33. The van der Waals surface area contributed by atoms with E-state index in [4.69, 9.17) is 9.78 Å². The van der Waals surface area contributed by atoms with E-state index in [2.05, 4.69) is 15.1 Å². The van der Waals surface area contributed by atoms with Gasteiger partial charge < -0.3 is 9.51 Å². The quantitative estimate of drug-likeness (QED) is 0.673. The summed E-state index contributed by atoms with van der Waals surface area (Å²) >= 11 is 0. The summed E-state index contributed by atoms with van der Waals surface area (Å²) < 4.78 is 4.78. The van der Waals surface area contributed by atoms with Crippen molar-refractivity contribution in [2.45, 2.75) is 0 Å². The third-order valence-electron chi connectivity index (χ3n) is 1.40. The largest absolute Gasteiger partial charge is 0.342 e. The molecule has 5 nitrogen and oxygen atoms in total. The maximum absolute atomic E-state index is 8.50. The Bertz CT molecular complexity index is 409. The fourth-order valence-electron chi connectivity index (χ4n) is 0.877. The smallest absolute Gasteiger partial charge is 0.274 e. The van der Waals surface area contributed by atoms with Gasteiger partial charge in [-0.15, -0.1) is 0 Å². The number of nitrogens with one attached hydrogen (secondary N) is 1. The van der Waals surface area contributed by atoms with Crippen LogP contribution < -0.4 is 0 Å². The zero-order valence-corrected chi connectivity index (χ0v) is 5.98. The Labute approximate surface area is 67.6 Å². The molecule has 0 aliphatic rings. The average molecular weight is 160 g/mol. The summed E-state index contributed by atoms with van der Waals surface area (Å²) in [6.07, 6.45) is 1.31. The number of H-pyrrole nitrogens is 1. The van der Waals surface area contributed by atoms with E-state index in [1.165, 1.54) is 6.33 Å². The molecule has 0 spiro atoms. The molecule has 2 aromatic rings. The van der Waals surface area contributed by atoms with Gasteiger partial charge in [0.15, 0.2) is 6.33 Å². The number of nitrogens with zero attached hydrogens (tertiary/aromatic N) is 3. The van der Waals surface area contributed by atoms with Crippen LogP contribution in [0.4, 0.5) is 0 Å². The second-order valence-corrected chi connectivity index (χ2v) is 2.14. The molecular formula is C7H4N4O. The molecular weight excluding hydrogens is 156 g/mol. The minimum atomic E-state index is 0.386. The van der Waals surface area contributed by atoms with Gasteiger partial charge in [-0.3, -0.25) is 0 Å². The molecule has 0 atom stereocenters. The van der Waals surface area contributed by atoms with Crippen molar-refractivity contribution < 1.29 is 4.52 Å². The molecule has 1 N–H and O–H groups in total. The third-order valence-corrected chi connectivity index (χ3v) is 1.40. The van der Waals surface area contributed by atoms with E-state index in [-0.39, 0.29) is 0 Å². The second kappa shape index (κ2) is 2.51. The number of hydrogen-bond acceptors (Lipinski definition) is 4. The highest BCUT2D eigenvalue weighted by atomic mass is 16.5. The van der Waals surface area contributed by atoms with Gasteiger partial charge >= 0.3 is 0 Å². The highest BCUT2D eigenvalue weighted by Gasteiger charge is 2.05. The molecule has 0 aliphatic heterocycles. The van der Waals surface area contributed by atoms with Crippen LogP contribution in [0.25, 0.3) is 11.6 Å². The Balaban J connectivity index is 2.44. The number of hydrogen-bond donors (Lipinski definition) is 1. The molecule has 0 bridgehead atoms. The molecule has 0 aromatic carbocycles. The summed E-state index contributed by atoms with van der Waals surface area (Å²) in [4.78, 5) is 6.62. The van der Waals surface area contributed by atoms with Crippen molar-refractivity contribution in [2.75, 3.05) is 0 Å². The SMILES string of the molecule is N#Cc1ccc(-c2ncno2)[nH]1. The molecule has 2 rings (SSSR count). The summed E-state index contributed by atoms with van der Waals surface area (Å²) in [6.45, 7) is 0. The second-order valence-electron chi connectivity index (χ2n) is 2.14. The molecule has 0 saturated heterocycles. The van der Waals surface area contributed by atoms with Gasteiger partial charge in [0.05, 0.1) is 0 Å².